The number of nitriles is 2. The van der Waals surface area contributed by atoms with Gasteiger partial charge in [0.1, 0.15) is 6.07 Å². The molecule has 0 spiro atoms. The lowest BCUT2D eigenvalue weighted by Gasteiger charge is -2.06. The summed E-state index contributed by atoms with van der Waals surface area (Å²) < 4.78 is 25.2. The second-order valence-electron chi connectivity index (χ2n) is 2.89. The monoisotopic (exact) mass is 238 g/mol. The predicted molar refractivity (Wildman–Crippen MR) is 49.9 cm³/mol. The summed E-state index contributed by atoms with van der Waals surface area (Å²) in [6.07, 6.45) is -2.88. The van der Waals surface area contributed by atoms with Gasteiger partial charge in [0, 0.05) is 11.8 Å². The quantitative estimate of drug-likeness (QED) is 0.590. The van der Waals surface area contributed by atoms with E-state index < -0.39 is 40.3 Å². The van der Waals surface area contributed by atoms with E-state index in [1.54, 1.807) is 6.07 Å². The Hall–Kier alpha value is -2.61. The third-order valence-electron chi connectivity index (χ3n) is 1.97. The van der Waals surface area contributed by atoms with Crippen LogP contribution >= 0.6 is 0 Å². The van der Waals surface area contributed by atoms with Crippen LogP contribution in [0.4, 0.5) is 14.5 Å². The van der Waals surface area contributed by atoms with Crippen LogP contribution < -0.4 is 0 Å². The van der Waals surface area contributed by atoms with Crippen LogP contribution in [0.2, 0.25) is 0 Å². The molecule has 0 aliphatic heterocycles. The number of hydrogen-bond donors (Lipinski definition) is 0. The van der Waals surface area contributed by atoms with E-state index in [4.69, 9.17) is 10.5 Å². The Morgan fingerprint density at radius 1 is 1.53 bits per heavy atom. The van der Waals surface area contributed by atoms with Gasteiger partial charge in [0.25, 0.3) is 6.43 Å². The Balaban J connectivity index is 3.61. The maximum atomic E-state index is 12.6. The molecule has 0 aliphatic rings. The van der Waals surface area contributed by atoms with Gasteiger partial charge in [-0.2, -0.15) is 10.5 Å². The van der Waals surface area contributed by atoms with Crippen LogP contribution in [0.5, 0.6) is 0 Å². The topological polar surface area (TPSA) is 104 Å². The van der Waals surface area contributed by atoms with Crippen LogP contribution in [0.25, 0.3) is 0 Å². The van der Waals surface area contributed by atoms with E-state index in [1.165, 1.54) is 6.07 Å². The molecule has 0 N–H and O–H groups in total. The molecule has 0 fully saturated rings. The standard InChI is InChI=1S/C9H4F2N4O2/c10-9(11)6-4-14-7(3-13)8(15(16)17)5(6)1-2-12/h4,9H,1H2. The van der Waals surface area contributed by atoms with E-state index in [9.17, 15) is 18.9 Å². The zero-order valence-electron chi connectivity index (χ0n) is 8.22. The summed E-state index contributed by atoms with van der Waals surface area (Å²) in [5.74, 6) is 0. The van der Waals surface area contributed by atoms with Crippen molar-refractivity contribution in [3.8, 4) is 12.1 Å². The second kappa shape index (κ2) is 4.94. The molecule has 1 heterocycles. The van der Waals surface area contributed by atoms with E-state index in [0.717, 1.165) is 0 Å². The van der Waals surface area contributed by atoms with Crippen molar-refractivity contribution in [1.82, 2.24) is 4.98 Å². The lowest BCUT2D eigenvalue weighted by Crippen LogP contribution is -2.05. The summed E-state index contributed by atoms with van der Waals surface area (Å²) in [5, 5.41) is 27.8. The number of halogens is 2. The Labute approximate surface area is 93.9 Å². The molecule has 0 saturated carbocycles. The van der Waals surface area contributed by atoms with Crippen LogP contribution in [-0.4, -0.2) is 9.91 Å². The second-order valence-corrected chi connectivity index (χ2v) is 2.89. The fraction of sp³-hybridized carbons (Fsp3) is 0.222. The highest BCUT2D eigenvalue weighted by Crippen LogP contribution is 2.31. The van der Waals surface area contributed by atoms with Crippen molar-refractivity contribution in [2.45, 2.75) is 12.8 Å². The molecular formula is C9H4F2N4O2. The highest BCUT2D eigenvalue weighted by molar-refractivity contribution is 5.54. The molecule has 1 aromatic rings. The highest BCUT2D eigenvalue weighted by atomic mass is 19.3. The van der Waals surface area contributed by atoms with E-state index in [2.05, 4.69) is 4.98 Å². The van der Waals surface area contributed by atoms with Crippen molar-refractivity contribution in [2.24, 2.45) is 0 Å². The molecule has 6 nitrogen and oxygen atoms in total. The van der Waals surface area contributed by atoms with Crippen molar-refractivity contribution in [3.63, 3.8) is 0 Å². The summed E-state index contributed by atoms with van der Waals surface area (Å²) in [5.41, 5.74) is -2.56. The van der Waals surface area contributed by atoms with E-state index in [-0.39, 0.29) is 0 Å². The van der Waals surface area contributed by atoms with Crippen LogP contribution in [0.3, 0.4) is 0 Å². The fourth-order valence-corrected chi connectivity index (χ4v) is 1.28. The number of aromatic nitrogens is 1. The molecule has 0 amide bonds. The van der Waals surface area contributed by atoms with Crippen molar-refractivity contribution < 1.29 is 13.7 Å². The molecule has 0 radical (unpaired) electrons. The molecule has 0 bridgehead atoms. The van der Waals surface area contributed by atoms with Gasteiger partial charge in [-0.05, 0) is 0 Å². The summed E-state index contributed by atoms with van der Waals surface area (Å²) in [7, 11) is 0. The molecule has 0 atom stereocenters. The van der Waals surface area contributed by atoms with Gasteiger partial charge in [-0.3, -0.25) is 10.1 Å². The normalized spacial score (nSPS) is 9.71. The molecule has 86 valence electrons. The fourth-order valence-electron chi connectivity index (χ4n) is 1.28. The third kappa shape index (κ3) is 2.32. The molecular weight excluding hydrogens is 234 g/mol. The van der Waals surface area contributed by atoms with E-state index >= 15 is 0 Å². The first-order valence-corrected chi connectivity index (χ1v) is 4.24. The van der Waals surface area contributed by atoms with Crippen molar-refractivity contribution >= 4 is 5.69 Å². The van der Waals surface area contributed by atoms with Gasteiger partial charge in [-0.15, -0.1) is 0 Å². The van der Waals surface area contributed by atoms with E-state index in [0.29, 0.717) is 6.20 Å². The number of pyridine rings is 1. The predicted octanol–water partition coefficient (Wildman–Crippen LogP) is 1.87. The maximum absolute atomic E-state index is 12.6. The highest BCUT2D eigenvalue weighted by Gasteiger charge is 2.27. The molecule has 1 rings (SSSR count). The van der Waals surface area contributed by atoms with Crippen molar-refractivity contribution in [2.75, 3.05) is 0 Å². The Bertz CT molecular complexity index is 545. The van der Waals surface area contributed by atoms with Gasteiger partial charge in [0.2, 0.25) is 5.69 Å². The molecule has 0 aliphatic carbocycles. The first kappa shape index (κ1) is 12.5. The lowest BCUT2D eigenvalue weighted by molar-refractivity contribution is -0.386. The van der Waals surface area contributed by atoms with Crippen molar-refractivity contribution in [3.05, 3.63) is 33.1 Å². The van der Waals surface area contributed by atoms with Gasteiger partial charge >= 0.3 is 5.69 Å². The number of rotatable bonds is 3. The van der Waals surface area contributed by atoms with E-state index in [1.807, 2.05) is 0 Å². The molecule has 1 aromatic heterocycles. The Morgan fingerprint density at radius 3 is 2.59 bits per heavy atom. The average Bonchev–Trinajstić information content (AvgIpc) is 2.27. The largest absolute Gasteiger partial charge is 0.310 e. The zero-order valence-corrected chi connectivity index (χ0v) is 8.22. The van der Waals surface area contributed by atoms with Gasteiger partial charge in [-0.1, -0.05) is 0 Å². The Morgan fingerprint density at radius 2 is 2.18 bits per heavy atom. The molecule has 0 aromatic carbocycles. The van der Waals surface area contributed by atoms with Gasteiger partial charge < -0.3 is 0 Å². The summed E-state index contributed by atoms with van der Waals surface area (Å²) in [6.45, 7) is 0. The summed E-state index contributed by atoms with van der Waals surface area (Å²) >= 11 is 0. The summed E-state index contributed by atoms with van der Waals surface area (Å²) in [6, 6.07) is 2.99. The minimum atomic E-state index is -2.99. The number of nitrogens with zero attached hydrogens (tertiary/aromatic N) is 4. The third-order valence-corrected chi connectivity index (χ3v) is 1.97. The zero-order chi connectivity index (χ0) is 13.0. The first-order valence-electron chi connectivity index (χ1n) is 4.24. The number of nitro groups is 1. The summed E-state index contributed by atoms with van der Waals surface area (Å²) in [4.78, 5) is 13.0. The number of alkyl halides is 2. The minimum Gasteiger partial charge on any atom is -0.258 e. The average molecular weight is 238 g/mol. The minimum absolute atomic E-state index is 0.459. The SMILES string of the molecule is N#CCc1c(C(F)F)cnc(C#N)c1[N+](=O)[O-]. The van der Waals surface area contributed by atoms with Crippen LogP contribution in [0.15, 0.2) is 6.20 Å². The van der Waals surface area contributed by atoms with Gasteiger partial charge in [-0.25, -0.2) is 13.8 Å². The number of hydrogen-bond acceptors (Lipinski definition) is 5. The molecule has 8 heteroatoms. The maximum Gasteiger partial charge on any atom is 0.310 e. The van der Waals surface area contributed by atoms with Crippen molar-refractivity contribution in [1.29, 1.82) is 10.5 Å². The van der Waals surface area contributed by atoms with Gasteiger partial charge in [0.15, 0.2) is 0 Å². The smallest absolute Gasteiger partial charge is 0.258 e. The van der Waals surface area contributed by atoms with Crippen LogP contribution in [0.1, 0.15) is 23.2 Å². The molecule has 0 saturated heterocycles. The molecule has 17 heavy (non-hydrogen) atoms. The lowest BCUT2D eigenvalue weighted by atomic mass is 10.0. The van der Waals surface area contributed by atoms with Gasteiger partial charge in [0.05, 0.1) is 23.0 Å². The first-order chi connectivity index (χ1) is 8.02. The van der Waals surface area contributed by atoms with Crippen LogP contribution in [-0.2, 0) is 6.42 Å². The molecule has 0 unspecified atom stereocenters. The van der Waals surface area contributed by atoms with Crippen LogP contribution in [0, 0.1) is 32.8 Å². The Kier molecular flexibility index (Phi) is 3.62.